The van der Waals surface area contributed by atoms with Crippen LogP contribution in [0.3, 0.4) is 0 Å². The third-order valence-electron chi connectivity index (χ3n) is 2.49. The van der Waals surface area contributed by atoms with Crippen molar-refractivity contribution in [2.45, 2.75) is 6.54 Å². The van der Waals surface area contributed by atoms with Crippen molar-refractivity contribution in [3.05, 3.63) is 29.8 Å². The number of benzene rings is 1. The number of halogens is 1. The number of morpholine rings is 1. The van der Waals surface area contributed by atoms with Crippen molar-refractivity contribution < 1.29 is 4.74 Å². The van der Waals surface area contributed by atoms with Gasteiger partial charge in [0, 0.05) is 25.3 Å². The number of nitrogens with zero attached hydrogens (tertiary/aromatic N) is 1. The second-order valence-electron chi connectivity index (χ2n) is 3.63. The van der Waals surface area contributed by atoms with E-state index in [4.69, 9.17) is 10.5 Å². The number of hydrogen-bond acceptors (Lipinski definition) is 3. The van der Waals surface area contributed by atoms with E-state index in [1.54, 1.807) is 0 Å². The molecule has 0 unspecified atom stereocenters. The fraction of sp³-hybridized carbons (Fsp3) is 0.455. The van der Waals surface area contributed by atoms with Crippen molar-refractivity contribution in [2.75, 3.05) is 32.0 Å². The van der Waals surface area contributed by atoms with Crippen LogP contribution in [-0.4, -0.2) is 31.2 Å². The lowest BCUT2D eigenvalue weighted by molar-refractivity contribution is 0.0342. The molecule has 1 aliphatic heterocycles. The van der Waals surface area contributed by atoms with Gasteiger partial charge < -0.3 is 10.5 Å². The molecule has 1 heterocycles. The summed E-state index contributed by atoms with van der Waals surface area (Å²) in [5, 5.41) is 0. The zero-order valence-electron chi connectivity index (χ0n) is 8.69. The van der Waals surface area contributed by atoms with Crippen molar-refractivity contribution in [3.63, 3.8) is 0 Å². The molecule has 84 valence electrons. The highest BCUT2D eigenvalue weighted by molar-refractivity contribution is 5.85. The second kappa shape index (κ2) is 5.95. The van der Waals surface area contributed by atoms with Gasteiger partial charge in [-0.25, -0.2) is 0 Å². The number of anilines is 1. The monoisotopic (exact) mass is 228 g/mol. The molecule has 0 saturated carbocycles. The van der Waals surface area contributed by atoms with E-state index < -0.39 is 0 Å². The molecule has 3 nitrogen and oxygen atoms in total. The van der Waals surface area contributed by atoms with E-state index in [1.807, 2.05) is 12.1 Å². The summed E-state index contributed by atoms with van der Waals surface area (Å²) in [5.74, 6) is 0. The van der Waals surface area contributed by atoms with Crippen LogP contribution >= 0.6 is 12.4 Å². The van der Waals surface area contributed by atoms with Crippen LogP contribution in [0.1, 0.15) is 5.56 Å². The van der Waals surface area contributed by atoms with Gasteiger partial charge in [0.1, 0.15) is 0 Å². The van der Waals surface area contributed by atoms with Gasteiger partial charge in [-0.2, -0.15) is 0 Å². The Morgan fingerprint density at radius 1 is 1.13 bits per heavy atom. The lowest BCUT2D eigenvalue weighted by Crippen LogP contribution is -2.35. The van der Waals surface area contributed by atoms with Crippen LogP contribution in [-0.2, 0) is 11.3 Å². The fourth-order valence-electron chi connectivity index (χ4n) is 1.64. The minimum atomic E-state index is 0. The van der Waals surface area contributed by atoms with E-state index >= 15 is 0 Å². The lowest BCUT2D eigenvalue weighted by Gasteiger charge is -2.26. The molecule has 1 aromatic rings. The summed E-state index contributed by atoms with van der Waals surface area (Å²) in [7, 11) is 0. The van der Waals surface area contributed by atoms with Gasteiger partial charge in [-0.3, -0.25) is 4.90 Å². The Morgan fingerprint density at radius 2 is 1.73 bits per heavy atom. The van der Waals surface area contributed by atoms with Gasteiger partial charge >= 0.3 is 0 Å². The van der Waals surface area contributed by atoms with Gasteiger partial charge in [0.05, 0.1) is 13.2 Å². The average molecular weight is 229 g/mol. The molecule has 2 rings (SSSR count). The van der Waals surface area contributed by atoms with E-state index in [1.165, 1.54) is 5.56 Å². The van der Waals surface area contributed by atoms with E-state index in [2.05, 4.69) is 17.0 Å². The van der Waals surface area contributed by atoms with Crippen LogP contribution < -0.4 is 5.73 Å². The normalized spacial score (nSPS) is 17.1. The number of nitrogens with two attached hydrogens (primary N) is 1. The molecule has 4 heteroatoms. The Kier molecular flexibility index (Phi) is 4.88. The molecular formula is C11H17ClN2O. The van der Waals surface area contributed by atoms with E-state index in [-0.39, 0.29) is 12.4 Å². The first-order chi connectivity index (χ1) is 6.84. The average Bonchev–Trinajstić information content (AvgIpc) is 2.23. The number of ether oxygens (including phenoxy) is 1. The maximum atomic E-state index is 5.63. The van der Waals surface area contributed by atoms with Crippen molar-refractivity contribution in [2.24, 2.45) is 0 Å². The third-order valence-corrected chi connectivity index (χ3v) is 2.49. The maximum absolute atomic E-state index is 5.63. The highest BCUT2D eigenvalue weighted by Crippen LogP contribution is 2.09. The second-order valence-corrected chi connectivity index (χ2v) is 3.63. The number of hydrogen-bond donors (Lipinski definition) is 1. The molecule has 1 fully saturated rings. The maximum Gasteiger partial charge on any atom is 0.0594 e. The summed E-state index contributed by atoms with van der Waals surface area (Å²) >= 11 is 0. The van der Waals surface area contributed by atoms with Gasteiger partial charge in [0.25, 0.3) is 0 Å². The van der Waals surface area contributed by atoms with Gasteiger partial charge in [0.2, 0.25) is 0 Å². The predicted molar refractivity (Wildman–Crippen MR) is 64.2 cm³/mol. The van der Waals surface area contributed by atoms with Crippen LogP contribution in [0, 0.1) is 0 Å². The SMILES string of the molecule is Cl.Nc1ccc(CN2CCOCC2)cc1. The molecule has 0 atom stereocenters. The Morgan fingerprint density at radius 3 is 2.33 bits per heavy atom. The van der Waals surface area contributed by atoms with Crippen LogP contribution in [0.15, 0.2) is 24.3 Å². The third kappa shape index (κ3) is 3.70. The summed E-state index contributed by atoms with van der Waals surface area (Å²) in [5.41, 5.74) is 7.78. The summed E-state index contributed by atoms with van der Waals surface area (Å²) in [6.07, 6.45) is 0. The zero-order chi connectivity index (χ0) is 9.80. The highest BCUT2D eigenvalue weighted by Gasteiger charge is 2.09. The fourth-order valence-corrected chi connectivity index (χ4v) is 1.64. The van der Waals surface area contributed by atoms with Crippen LogP contribution in [0.25, 0.3) is 0 Å². The lowest BCUT2D eigenvalue weighted by atomic mass is 10.2. The quantitative estimate of drug-likeness (QED) is 0.781. The predicted octanol–water partition coefficient (Wildman–Crippen LogP) is 1.52. The molecule has 1 aliphatic rings. The first kappa shape index (κ1) is 12.3. The first-order valence-corrected chi connectivity index (χ1v) is 4.99. The zero-order valence-corrected chi connectivity index (χ0v) is 9.50. The Bertz CT molecular complexity index is 283. The van der Waals surface area contributed by atoms with Crippen LogP contribution in [0.4, 0.5) is 5.69 Å². The van der Waals surface area contributed by atoms with E-state index in [0.29, 0.717) is 0 Å². The molecule has 0 bridgehead atoms. The van der Waals surface area contributed by atoms with Crippen LogP contribution in [0.2, 0.25) is 0 Å². The number of rotatable bonds is 2. The molecule has 15 heavy (non-hydrogen) atoms. The van der Waals surface area contributed by atoms with Gasteiger partial charge in [-0.1, -0.05) is 12.1 Å². The minimum absolute atomic E-state index is 0. The van der Waals surface area contributed by atoms with E-state index in [0.717, 1.165) is 38.5 Å². The molecule has 0 radical (unpaired) electrons. The minimum Gasteiger partial charge on any atom is -0.399 e. The van der Waals surface area contributed by atoms with Crippen molar-refractivity contribution in [3.8, 4) is 0 Å². The molecule has 2 N–H and O–H groups in total. The summed E-state index contributed by atoms with van der Waals surface area (Å²) in [6.45, 7) is 4.78. The Balaban J connectivity index is 0.00000112. The van der Waals surface area contributed by atoms with Crippen molar-refractivity contribution in [1.82, 2.24) is 4.90 Å². The van der Waals surface area contributed by atoms with E-state index in [9.17, 15) is 0 Å². The van der Waals surface area contributed by atoms with Gasteiger partial charge in [-0.15, -0.1) is 12.4 Å². The first-order valence-electron chi connectivity index (χ1n) is 4.99. The smallest absolute Gasteiger partial charge is 0.0594 e. The van der Waals surface area contributed by atoms with Crippen molar-refractivity contribution >= 4 is 18.1 Å². The van der Waals surface area contributed by atoms with Gasteiger partial charge in [0.15, 0.2) is 0 Å². The molecule has 0 aliphatic carbocycles. The Labute approximate surface area is 96.6 Å². The molecule has 1 aromatic carbocycles. The molecule has 0 aromatic heterocycles. The van der Waals surface area contributed by atoms with Crippen molar-refractivity contribution in [1.29, 1.82) is 0 Å². The summed E-state index contributed by atoms with van der Waals surface area (Å²) in [4.78, 5) is 2.40. The summed E-state index contributed by atoms with van der Waals surface area (Å²) in [6, 6.07) is 8.08. The largest absolute Gasteiger partial charge is 0.399 e. The molecule has 0 spiro atoms. The standard InChI is InChI=1S/C11H16N2O.ClH/c12-11-3-1-10(2-4-11)9-13-5-7-14-8-6-13;/h1-4H,5-9,12H2;1H. The topological polar surface area (TPSA) is 38.5 Å². The molecule has 0 amide bonds. The highest BCUT2D eigenvalue weighted by atomic mass is 35.5. The van der Waals surface area contributed by atoms with Crippen LogP contribution in [0.5, 0.6) is 0 Å². The summed E-state index contributed by atoms with van der Waals surface area (Å²) < 4.78 is 5.29. The number of nitrogen functional groups attached to an aromatic ring is 1. The molecular weight excluding hydrogens is 212 g/mol. The Hall–Kier alpha value is -0.770. The molecule has 1 saturated heterocycles. The van der Waals surface area contributed by atoms with Gasteiger partial charge in [-0.05, 0) is 17.7 Å².